The molecule has 0 aliphatic rings. The van der Waals surface area contributed by atoms with E-state index in [1.807, 2.05) is 30.3 Å². The van der Waals surface area contributed by atoms with Crippen molar-refractivity contribution in [2.75, 3.05) is 0 Å². The van der Waals surface area contributed by atoms with Crippen LogP contribution >= 0.6 is 11.8 Å². The summed E-state index contributed by atoms with van der Waals surface area (Å²) >= 11 is 0.976. The molecule has 4 aromatic rings. The average Bonchev–Trinajstić information content (AvgIpc) is 2.70. The van der Waals surface area contributed by atoms with Gasteiger partial charge in [-0.05, 0) is 37.1 Å². The van der Waals surface area contributed by atoms with Crippen LogP contribution < -0.4 is 11.2 Å². The molecule has 4 rings (SSSR count). The third-order valence-electron chi connectivity index (χ3n) is 4.81. The molecule has 2 heterocycles. The Kier molecular flexibility index (Phi) is 5.11. The number of benzene rings is 2. The maximum Gasteiger partial charge on any atom is 0.350 e. The molecule has 0 aliphatic carbocycles. The summed E-state index contributed by atoms with van der Waals surface area (Å²) in [7, 11) is 0. The number of aromatic nitrogens is 1. The summed E-state index contributed by atoms with van der Waals surface area (Å²) in [6.45, 7) is 3.92. The van der Waals surface area contributed by atoms with Gasteiger partial charge in [-0.25, -0.2) is 9.18 Å². The quantitative estimate of drug-likeness (QED) is 0.482. The Labute approximate surface area is 170 Å². The minimum atomic E-state index is -0.581. The van der Waals surface area contributed by atoms with Gasteiger partial charge >= 0.3 is 5.63 Å². The number of nitrogens with zero attached hydrogens (tertiary/aromatic N) is 1. The standard InChI is InChI=1S/C23H18FNO3S/c1-14-12-18-20(22(26)25(14)13-16-8-4-3-5-9-16)15(2)21(23(27)28-18)29-19-11-7-6-10-17(19)24/h3-12H,13H2,1-2H3. The zero-order chi connectivity index (χ0) is 20.5. The smallest absolute Gasteiger partial charge is 0.350 e. The first-order valence-corrected chi connectivity index (χ1v) is 9.91. The first-order valence-electron chi connectivity index (χ1n) is 9.10. The van der Waals surface area contributed by atoms with Crippen LogP contribution in [-0.4, -0.2) is 4.57 Å². The van der Waals surface area contributed by atoms with Crippen LogP contribution in [0.25, 0.3) is 11.0 Å². The monoisotopic (exact) mass is 407 g/mol. The molecule has 0 saturated carbocycles. The molecule has 0 spiro atoms. The number of hydrogen-bond donors (Lipinski definition) is 0. The van der Waals surface area contributed by atoms with Gasteiger partial charge in [0.15, 0.2) is 0 Å². The van der Waals surface area contributed by atoms with Crippen LogP contribution in [0.2, 0.25) is 0 Å². The number of pyridine rings is 1. The zero-order valence-corrected chi connectivity index (χ0v) is 16.8. The normalized spacial score (nSPS) is 11.1. The molecule has 0 fully saturated rings. The highest BCUT2D eigenvalue weighted by atomic mass is 32.2. The summed E-state index contributed by atoms with van der Waals surface area (Å²) in [4.78, 5) is 26.3. The molecule has 0 saturated heterocycles. The van der Waals surface area contributed by atoms with E-state index in [-0.39, 0.29) is 16.0 Å². The molecule has 2 aromatic heterocycles. The minimum absolute atomic E-state index is 0.217. The van der Waals surface area contributed by atoms with Gasteiger partial charge in [0.2, 0.25) is 0 Å². The molecular weight excluding hydrogens is 389 g/mol. The molecule has 0 aliphatic heterocycles. The van der Waals surface area contributed by atoms with Crippen LogP contribution in [0.3, 0.4) is 0 Å². The number of rotatable bonds is 4. The van der Waals surface area contributed by atoms with E-state index in [1.54, 1.807) is 42.7 Å². The summed E-state index contributed by atoms with van der Waals surface area (Å²) in [6.07, 6.45) is 0. The van der Waals surface area contributed by atoms with E-state index in [2.05, 4.69) is 0 Å². The lowest BCUT2D eigenvalue weighted by atomic mass is 10.1. The molecule has 4 nitrogen and oxygen atoms in total. The predicted molar refractivity (Wildman–Crippen MR) is 112 cm³/mol. The maximum absolute atomic E-state index is 14.1. The van der Waals surface area contributed by atoms with Gasteiger partial charge < -0.3 is 8.98 Å². The van der Waals surface area contributed by atoms with E-state index in [1.165, 1.54) is 6.07 Å². The van der Waals surface area contributed by atoms with Gasteiger partial charge in [0.25, 0.3) is 5.56 Å². The van der Waals surface area contributed by atoms with Crippen molar-refractivity contribution < 1.29 is 8.81 Å². The second-order valence-electron chi connectivity index (χ2n) is 6.78. The first kappa shape index (κ1) is 19.2. The molecule has 146 valence electrons. The molecule has 0 bridgehead atoms. The van der Waals surface area contributed by atoms with Crippen LogP contribution in [0.1, 0.15) is 16.8 Å². The Balaban J connectivity index is 1.89. The van der Waals surface area contributed by atoms with E-state index in [0.29, 0.717) is 28.1 Å². The van der Waals surface area contributed by atoms with Crippen molar-refractivity contribution in [2.45, 2.75) is 30.2 Å². The van der Waals surface area contributed by atoms with Crippen molar-refractivity contribution in [1.82, 2.24) is 4.57 Å². The van der Waals surface area contributed by atoms with Crippen LogP contribution in [0.4, 0.5) is 4.39 Å². The SMILES string of the molecule is Cc1c(Sc2ccccc2F)c(=O)oc2cc(C)n(Cc3ccccc3)c(=O)c12. The summed E-state index contributed by atoms with van der Waals surface area (Å²) < 4.78 is 21.2. The van der Waals surface area contributed by atoms with Crippen molar-refractivity contribution in [1.29, 1.82) is 0 Å². The lowest BCUT2D eigenvalue weighted by Crippen LogP contribution is -2.24. The number of fused-ring (bicyclic) bond motifs is 1. The minimum Gasteiger partial charge on any atom is -0.422 e. The summed E-state index contributed by atoms with van der Waals surface area (Å²) in [6, 6.07) is 17.6. The lowest BCUT2D eigenvalue weighted by Gasteiger charge is -2.13. The maximum atomic E-state index is 14.1. The average molecular weight is 407 g/mol. The van der Waals surface area contributed by atoms with Crippen LogP contribution in [0, 0.1) is 19.7 Å². The Morgan fingerprint density at radius 2 is 1.69 bits per heavy atom. The van der Waals surface area contributed by atoms with E-state index in [4.69, 9.17) is 4.42 Å². The molecular formula is C23H18FNO3S. The molecule has 6 heteroatoms. The zero-order valence-electron chi connectivity index (χ0n) is 15.9. The highest BCUT2D eigenvalue weighted by Crippen LogP contribution is 2.32. The van der Waals surface area contributed by atoms with Crippen LogP contribution in [-0.2, 0) is 6.54 Å². The van der Waals surface area contributed by atoms with Gasteiger partial charge in [-0.2, -0.15) is 0 Å². The topological polar surface area (TPSA) is 52.2 Å². The van der Waals surface area contributed by atoms with Crippen molar-refractivity contribution in [2.24, 2.45) is 0 Å². The molecule has 0 N–H and O–H groups in total. The van der Waals surface area contributed by atoms with E-state index >= 15 is 0 Å². The van der Waals surface area contributed by atoms with Crippen molar-refractivity contribution in [3.63, 3.8) is 0 Å². The molecule has 0 radical (unpaired) electrons. The van der Waals surface area contributed by atoms with Gasteiger partial charge in [-0.1, -0.05) is 54.2 Å². The summed E-state index contributed by atoms with van der Waals surface area (Å²) in [5.74, 6) is -0.429. The highest BCUT2D eigenvalue weighted by Gasteiger charge is 2.19. The lowest BCUT2D eigenvalue weighted by molar-refractivity contribution is 0.538. The fraction of sp³-hybridized carbons (Fsp3) is 0.130. The van der Waals surface area contributed by atoms with Crippen LogP contribution in [0.15, 0.2) is 84.5 Å². The van der Waals surface area contributed by atoms with Gasteiger partial charge in [-0.3, -0.25) is 4.79 Å². The van der Waals surface area contributed by atoms with Crippen molar-refractivity contribution >= 4 is 22.7 Å². The third-order valence-corrected chi connectivity index (χ3v) is 6.03. The first-order chi connectivity index (χ1) is 14.0. The Morgan fingerprint density at radius 3 is 2.41 bits per heavy atom. The fourth-order valence-electron chi connectivity index (χ4n) is 3.30. The van der Waals surface area contributed by atoms with Gasteiger partial charge in [-0.15, -0.1) is 0 Å². The van der Waals surface area contributed by atoms with Gasteiger partial charge in [0.1, 0.15) is 16.3 Å². The van der Waals surface area contributed by atoms with Crippen molar-refractivity contribution in [3.8, 4) is 0 Å². The molecule has 29 heavy (non-hydrogen) atoms. The number of halogens is 1. The fourth-order valence-corrected chi connectivity index (χ4v) is 4.21. The summed E-state index contributed by atoms with van der Waals surface area (Å²) in [5, 5.41) is 0.338. The number of hydrogen-bond acceptors (Lipinski definition) is 4. The summed E-state index contributed by atoms with van der Waals surface area (Å²) in [5.41, 5.74) is 1.62. The van der Waals surface area contributed by atoms with E-state index in [0.717, 1.165) is 17.3 Å². The van der Waals surface area contributed by atoms with Crippen molar-refractivity contribution in [3.05, 3.63) is 104 Å². The second kappa shape index (κ2) is 7.72. The third kappa shape index (κ3) is 3.63. The van der Waals surface area contributed by atoms with E-state index in [9.17, 15) is 14.0 Å². The van der Waals surface area contributed by atoms with Crippen LogP contribution in [0.5, 0.6) is 0 Å². The molecule has 2 aromatic carbocycles. The number of aryl methyl sites for hydroxylation is 2. The Bertz CT molecular complexity index is 1330. The van der Waals surface area contributed by atoms with Gasteiger partial charge in [0, 0.05) is 16.7 Å². The van der Waals surface area contributed by atoms with Gasteiger partial charge in [0.05, 0.1) is 11.9 Å². The Hall–Kier alpha value is -3.12. The molecule has 0 unspecified atom stereocenters. The largest absolute Gasteiger partial charge is 0.422 e. The highest BCUT2D eigenvalue weighted by molar-refractivity contribution is 7.99. The molecule has 0 amide bonds. The Morgan fingerprint density at radius 1 is 1.00 bits per heavy atom. The predicted octanol–water partition coefficient (Wildman–Crippen LogP) is 4.91. The van der Waals surface area contributed by atoms with E-state index < -0.39 is 11.4 Å². The molecule has 0 atom stereocenters. The second-order valence-corrected chi connectivity index (χ2v) is 7.83.